The van der Waals surface area contributed by atoms with Gasteiger partial charge in [0.1, 0.15) is 0 Å². The van der Waals surface area contributed by atoms with Gasteiger partial charge in [0.05, 0.1) is 0 Å². The fourth-order valence-corrected chi connectivity index (χ4v) is 3.76. The average Bonchev–Trinajstić information content (AvgIpc) is 2.37. The van der Waals surface area contributed by atoms with Crippen LogP contribution in [0.25, 0.3) is 0 Å². The van der Waals surface area contributed by atoms with E-state index in [1.165, 1.54) is 64.7 Å². The van der Waals surface area contributed by atoms with Crippen LogP contribution < -0.4 is 5.32 Å². The third-order valence-corrected chi connectivity index (χ3v) is 5.04. The highest BCUT2D eigenvalue weighted by atomic mass is 15.2. The van der Waals surface area contributed by atoms with Gasteiger partial charge in [-0.1, -0.05) is 13.8 Å². The number of hydrogen-bond donors (Lipinski definition) is 1. The first-order chi connectivity index (χ1) is 8.61. The Labute approximate surface area is 114 Å². The van der Waals surface area contributed by atoms with E-state index in [-0.39, 0.29) is 0 Å². The summed E-state index contributed by atoms with van der Waals surface area (Å²) in [4.78, 5) is 2.78. The van der Waals surface area contributed by atoms with E-state index in [0.717, 1.165) is 12.0 Å². The van der Waals surface area contributed by atoms with Gasteiger partial charge >= 0.3 is 0 Å². The van der Waals surface area contributed by atoms with Gasteiger partial charge in [0.15, 0.2) is 0 Å². The number of rotatable bonds is 4. The SMILES string of the molecule is CC(C)CCC(C)N1CCCC2(CCCNC2)C1. The molecular formula is C16H32N2. The summed E-state index contributed by atoms with van der Waals surface area (Å²) < 4.78 is 0. The third-order valence-electron chi connectivity index (χ3n) is 5.04. The maximum absolute atomic E-state index is 3.63. The Morgan fingerprint density at radius 2 is 1.89 bits per heavy atom. The molecule has 2 aliphatic heterocycles. The van der Waals surface area contributed by atoms with Crippen LogP contribution >= 0.6 is 0 Å². The molecule has 0 amide bonds. The molecule has 0 bridgehead atoms. The van der Waals surface area contributed by atoms with Crippen molar-refractivity contribution < 1.29 is 0 Å². The zero-order chi connectivity index (χ0) is 13.0. The van der Waals surface area contributed by atoms with Crippen LogP contribution in [0.15, 0.2) is 0 Å². The minimum Gasteiger partial charge on any atom is -0.316 e. The molecule has 0 radical (unpaired) electrons. The van der Waals surface area contributed by atoms with Crippen molar-refractivity contribution in [3.63, 3.8) is 0 Å². The van der Waals surface area contributed by atoms with Crippen LogP contribution in [0.3, 0.4) is 0 Å². The number of nitrogens with one attached hydrogen (secondary N) is 1. The second kappa shape index (κ2) is 6.38. The second-order valence-corrected chi connectivity index (χ2v) is 7.17. The molecule has 1 N–H and O–H groups in total. The Hall–Kier alpha value is -0.0800. The summed E-state index contributed by atoms with van der Waals surface area (Å²) in [5.74, 6) is 0.850. The summed E-state index contributed by atoms with van der Waals surface area (Å²) in [5.41, 5.74) is 0.614. The van der Waals surface area contributed by atoms with E-state index < -0.39 is 0 Å². The number of nitrogens with zero attached hydrogens (tertiary/aromatic N) is 1. The standard InChI is InChI=1S/C16H32N2/c1-14(2)6-7-15(3)18-11-5-9-16(13-18)8-4-10-17-12-16/h14-15,17H,4-13H2,1-3H3. The van der Waals surface area contributed by atoms with Crippen LogP contribution in [0, 0.1) is 11.3 Å². The van der Waals surface area contributed by atoms with Crippen LogP contribution in [0.1, 0.15) is 59.3 Å². The highest BCUT2D eigenvalue weighted by Crippen LogP contribution is 2.36. The Kier molecular flexibility index (Phi) is 5.08. The first-order valence-electron chi connectivity index (χ1n) is 8.06. The molecule has 0 aromatic heterocycles. The van der Waals surface area contributed by atoms with Gasteiger partial charge in [-0.2, -0.15) is 0 Å². The average molecular weight is 252 g/mol. The smallest absolute Gasteiger partial charge is 0.00672 e. The van der Waals surface area contributed by atoms with Gasteiger partial charge < -0.3 is 10.2 Å². The van der Waals surface area contributed by atoms with Crippen molar-refractivity contribution in [1.29, 1.82) is 0 Å². The Bertz CT molecular complexity index is 238. The minimum atomic E-state index is 0.614. The van der Waals surface area contributed by atoms with Crippen molar-refractivity contribution in [1.82, 2.24) is 10.2 Å². The van der Waals surface area contributed by atoms with Crippen LogP contribution in [-0.4, -0.2) is 37.1 Å². The normalized spacial score (nSPS) is 32.0. The van der Waals surface area contributed by atoms with Gasteiger partial charge in [-0.3, -0.25) is 0 Å². The predicted octanol–water partition coefficient (Wildman–Crippen LogP) is 3.28. The molecule has 0 aromatic carbocycles. The molecule has 2 unspecified atom stereocenters. The zero-order valence-corrected chi connectivity index (χ0v) is 12.7. The number of piperidine rings is 2. The molecular weight excluding hydrogens is 220 g/mol. The van der Waals surface area contributed by atoms with Crippen molar-refractivity contribution >= 4 is 0 Å². The summed E-state index contributed by atoms with van der Waals surface area (Å²) in [7, 11) is 0. The predicted molar refractivity (Wildman–Crippen MR) is 78.9 cm³/mol. The monoisotopic (exact) mass is 252 g/mol. The van der Waals surface area contributed by atoms with Crippen LogP contribution in [0.5, 0.6) is 0 Å². The van der Waals surface area contributed by atoms with E-state index in [1.807, 2.05) is 0 Å². The first kappa shape index (κ1) is 14.3. The summed E-state index contributed by atoms with van der Waals surface area (Å²) in [6, 6.07) is 0.784. The lowest BCUT2D eigenvalue weighted by molar-refractivity contribution is 0.0384. The molecule has 0 aliphatic carbocycles. The maximum Gasteiger partial charge on any atom is 0.00672 e. The lowest BCUT2D eigenvalue weighted by Crippen LogP contribution is -2.53. The minimum absolute atomic E-state index is 0.614. The molecule has 2 heterocycles. The molecule has 0 saturated carbocycles. The van der Waals surface area contributed by atoms with Gasteiger partial charge in [0.25, 0.3) is 0 Å². The Balaban J connectivity index is 1.85. The van der Waals surface area contributed by atoms with E-state index in [1.54, 1.807) is 0 Å². The largest absolute Gasteiger partial charge is 0.316 e. The zero-order valence-electron chi connectivity index (χ0n) is 12.7. The highest BCUT2D eigenvalue weighted by Gasteiger charge is 2.37. The first-order valence-corrected chi connectivity index (χ1v) is 8.06. The van der Waals surface area contributed by atoms with Gasteiger partial charge in [-0.15, -0.1) is 0 Å². The number of hydrogen-bond acceptors (Lipinski definition) is 2. The fraction of sp³-hybridized carbons (Fsp3) is 1.00. The molecule has 0 aromatic rings. The summed E-state index contributed by atoms with van der Waals surface area (Å²) in [5, 5.41) is 3.63. The summed E-state index contributed by atoms with van der Waals surface area (Å²) >= 11 is 0. The van der Waals surface area contributed by atoms with E-state index in [4.69, 9.17) is 0 Å². The molecule has 2 nitrogen and oxygen atoms in total. The molecule has 2 saturated heterocycles. The van der Waals surface area contributed by atoms with Gasteiger partial charge in [-0.05, 0) is 69.9 Å². The lowest BCUT2D eigenvalue weighted by Gasteiger charge is -2.47. The van der Waals surface area contributed by atoms with E-state index in [0.29, 0.717) is 5.41 Å². The molecule has 2 atom stereocenters. The highest BCUT2D eigenvalue weighted by molar-refractivity contribution is 4.92. The molecule has 18 heavy (non-hydrogen) atoms. The van der Waals surface area contributed by atoms with Crippen LogP contribution in [0.2, 0.25) is 0 Å². The Morgan fingerprint density at radius 1 is 1.11 bits per heavy atom. The molecule has 2 fully saturated rings. The number of likely N-dealkylation sites (tertiary alicyclic amines) is 1. The summed E-state index contributed by atoms with van der Waals surface area (Å²) in [6.07, 6.45) is 8.45. The summed E-state index contributed by atoms with van der Waals surface area (Å²) in [6.45, 7) is 12.3. The van der Waals surface area contributed by atoms with Crippen molar-refractivity contribution in [3.8, 4) is 0 Å². The van der Waals surface area contributed by atoms with Crippen LogP contribution in [0.4, 0.5) is 0 Å². The Morgan fingerprint density at radius 3 is 2.56 bits per heavy atom. The van der Waals surface area contributed by atoms with Crippen molar-refractivity contribution in [2.45, 2.75) is 65.3 Å². The third kappa shape index (κ3) is 3.71. The lowest BCUT2D eigenvalue weighted by atomic mass is 9.74. The van der Waals surface area contributed by atoms with Gasteiger partial charge in [0, 0.05) is 19.1 Å². The maximum atomic E-state index is 3.63. The van der Waals surface area contributed by atoms with Crippen molar-refractivity contribution in [3.05, 3.63) is 0 Å². The topological polar surface area (TPSA) is 15.3 Å². The molecule has 1 spiro atoms. The fourth-order valence-electron chi connectivity index (χ4n) is 3.76. The quantitative estimate of drug-likeness (QED) is 0.826. The van der Waals surface area contributed by atoms with E-state index >= 15 is 0 Å². The molecule has 2 rings (SSSR count). The van der Waals surface area contributed by atoms with Gasteiger partial charge in [0.2, 0.25) is 0 Å². The molecule has 106 valence electrons. The van der Waals surface area contributed by atoms with Crippen LogP contribution in [-0.2, 0) is 0 Å². The van der Waals surface area contributed by atoms with E-state index in [9.17, 15) is 0 Å². The molecule has 2 aliphatic rings. The van der Waals surface area contributed by atoms with E-state index in [2.05, 4.69) is 31.0 Å². The molecule has 2 heteroatoms. The van der Waals surface area contributed by atoms with Crippen molar-refractivity contribution in [2.75, 3.05) is 26.2 Å². The second-order valence-electron chi connectivity index (χ2n) is 7.17. The van der Waals surface area contributed by atoms with Crippen molar-refractivity contribution in [2.24, 2.45) is 11.3 Å². The van der Waals surface area contributed by atoms with Gasteiger partial charge in [-0.25, -0.2) is 0 Å².